The minimum atomic E-state index is -3.58. The van der Waals surface area contributed by atoms with Crippen molar-refractivity contribution in [3.63, 3.8) is 0 Å². The number of carbonyl (C=O) groups excluding carboxylic acids is 1. The average molecular weight is 432 g/mol. The molecular weight excluding hydrogens is 406 g/mol. The van der Waals surface area contributed by atoms with Crippen molar-refractivity contribution in [3.05, 3.63) is 45.8 Å². The molecule has 0 bridgehead atoms. The van der Waals surface area contributed by atoms with E-state index in [-0.39, 0.29) is 10.8 Å². The van der Waals surface area contributed by atoms with Crippen LogP contribution >= 0.6 is 11.3 Å². The smallest absolute Gasteiger partial charge is 0.256 e. The fourth-order valence-corrected chi connectivity index (χ4v) is 6.44. The van der Waals surface area contributed by atoms with Gasteiger partial charge in [0.25, 0.3) is 5.91 Å². The van der Waals surface area contributed by atoms with Gasteiger partial charge in [-0.1, -0.05) is 13.8 Å². The highest BCUT2D eigenvalue weighted by Crippen LogP contribution is 2.32. The molecule has 8 heteroatoms. The van der Waals surface area contributed by atoms with Crippen LogP contribution in [0.1, 0.15) is 46.6 Å². The summed E-state index contributed by atoms with van der Waals surface area (Å²) in [6.45, 7) is 8.91. The number of anilines is 1. The first kappa shape index (κ1) is 21.5. The second-order valence-corrected chi connectivity index (χ2v) is 11.0. The highest BCUT2D eigenvalue weighted by atomic mass is 32.2. The van der Waals surface area contributed by atoms with Crippen LogP contribution in [0.2, 0.25) is 0 Å². The second-order valence-electron chi connectivity index (χ2n) is 7.85. The van der Waals surface area contributed by atoms with Gasteiger partial charge in [-0.3, -0.25) is 4.79 Å². The van der Waals surface area contributed by atoms with Crippen LogP contribution in [-0.4, -0.2) is 31.7 Å². The summed E-state index contributed by atoms with van der Waals surface area (Å²) in [5, 5.41) is 12.6. The predicted octanol–water partition coefficient (Wildman–Crippen LogP) is 4.16. The molecule has 1 amide bonds. The van der Waals surface area contributed by atoms with Crippen molar-refractivity contribution < 1.29 is 13.2 Å². The molecule has 2 heterocycles. The quantitative estimate of drug-likeness (QED) is 0.787. The molecule has 6 nitrogen and oxygen atoms in total. The molecule has 1 aromatic carbocycles. The van der Waals surface area contributed by atoms with Crippen LogP contribution in [0.25, 0.3) is 0 Å². The largest absolute Gasteiger partial charge is 0.312 e. The maximum Gasteiger partial charge on any atom is 0.256 e. The fraction of sp³-hybridized carbons (Fsp3) is 0.429. The molecule has 1 saturated heterocycles. The highest BCUT2D eigenvalue weighted by molar-refractivity contribution is 7.89. The number of hydrogen-bond donors (Lipinski definition) is 1. The number of aryl methyl sites for hydroxylation is 1. The van der Waals surface area contributed by atoms with E-state index in [0.717, 1.165) is 16.9 Å². The zero-order chi connectivity index (χ0) is 21.3. The summed E-state index contributed by atoms with van der Waals surface area (Å²) in [7, 11) is -3.58. The molecule has 2 aromatic rings. The number of nitrogens with one attached hydrogen (secondary N) is 1. The van der Waals surface area contributed by atoms with E-state index in [2.05, 4.69) is 25.2 Å². The number of piperidine rings is 1. The Balaban J connectivity index is 1.79. The van der Waals surface area contributed by atoms with Gasteiger partial charge in [0.2, 0.25) is 10.0 Å². The SMILES string of the molecule is Cc1sc(NC(=O)c2ccc(S(=O)(=O)N3C[C@H](C)C[C@@H](C)C3)cc2)c(C#N)c1C. The number of thiophene rings is 1. The Morgan fingerprint density at radius 3 is 2.31 bits per heavy atom. The van der Waals surface area contributed by atoms with E-state index in [1.165, 1.54) is 39.9 Å². The van der Waals surface area contributed by atoms with Crippen molar-refractivity contribution in [2.24, 2.45) is 11.8 Å². The molecule has 154 valence electrons. The molecule has 29 heavy (non-hydrogen) atoms. The van der Waals surface area contributed by atoms with E-state index in [1.54, 1.807) is 0 Å². The van der Waals surface area contributed by atoms with Crippen molar-refractivity contribution in [1.82, 2.24) is 4.31 Å². The maximum atomic E-state index is 13.0. The van der Waals surface area contributed by atoms with Crippen molar-refractivity contribution in [3.8, 4) is 6.07 Å². The number of amides is 1. The van der Waals surface area contributed by atoms with E-state index >= 15 is 0 Å². The Labute approximate surface area is 176 Å². The average Bonchev–Trinajstić information content (AvgIpc) is 2.93. The Hall–Kier alpha value is -2.21. The lowest BCUT2D eigenvalue weighted by atomic mass is 9.94. The summed E-state index contributed by atoms with van der Waals surface area (Å²) in [6, 6.07) is 8.10. The molecule has 2 atom stereocenters. The summed E-state index contributed by atoms with van der Waals surface area (Å²) in [5.41, 5.74) is 1.67. The molecule has 3 rings (SSSR count). The van der Waals surface area contributed by atoms with Crippen LogP contribution in [0.15, 0.2) is 29.2 Å². The third-order valence-corrected chi connectivity index (χ3v) is 8.28. The molecule has 0 saturated carbocycles. The zero-order valence-corrected chi connectivity index (χ0v) is 18.7. The first-order valence-electron chi connectivity index (χ1n) is 9.55. The minimum Gasteiger partial charge on any atom is -0.312 e. The molecule has 0 radical (unpaired) electrons. The third-order valence-electron chi connectivity index (χ3n) is 5.31. The number of hydrogen-bond acceptors (Lipinski definition) is 5. The molecule has 1 aromatic heterocycles. The van der Waals surface area contributed by atoms with Gasteiger partial charge >= 0.3 is 0 Å². The molecule has 1 N–H and O–H groups in total. The van der Waals surface area contributed by atoms with Gasteiger partial charge in [-0.05, 0) is 61.9 Å². The Morgan fingerprint density at radius 1 is 1.17 bits per heavy atom. The predicted molar refractivity (Wildman–Crippen MR) is 115 cm³/mol. The Kier molecular flexibility index (Phi) is 6.13. The lowest BCUT2D eigenvalue weighted by Crippen LogP contribution is -2.42. The fourth-order valence-electron chi connectivity index (χ4n) is 3.75. The molecule has 0 aliphatic carbocycles. The number of nitriles is 1. The lowest BCUT2D eigenvalue weighted by Gasteiger charge is -2.34. The van der Waals surface area contributed by atoms with Gasteiger partial charge in [-0.2, -0.15) is 9.57 Å². The van der Waals surface area contributed by atoms with Gasteiger partial charge in [0.1, 0.15) is 11.1 Å². The van der Waals surface area contributed by atoms with E-state index in [0.29, 0.717) is 41.1 Å². The van der Waals surface area contributed by atoms with Crippen LogP contribution in [0.3, 0.4) is 0 Å². The summed E-state index contributed by atoms with van der Waals surface area (Å²) in [6.07, 6.45) is 1.03. The molecular formula is C21H25N3O3S2. The summed E-state index contributed by atoms with van der Waals surface area (Å²) in [5.74, 6) is 0.281. The van der Waals surface area contributed by atoms with Crippen LogP contribution in [0.5, 0.6) is 0 Å². The second kappa shape index (κ2) is 8.27. The Morgan fingerprint density at radius 2 is 1.76 bits per heavy atom. The monoisotopic (exact) mass is 431 g/mol. The topological polar surface area (TPSA) is 90.3 Å². The van der Waals surface area contributed by atoms with Gasteiger partial charge in [0, 0.05) is 23.5 Å². The standard InChI is InChI=1S/C21H25N3O3S2/c1-13-9-14(2)12-24(11-13)29(26,27)18-7-5-17(6-8-18)20(25)23-21-19(10-22)15(3)16(4)28-21/h5-8,13-14H,9,11-12H2,1-4H3,(H,23,25)/t13-,14-/m1/s1. The summed E-state index contributed by atoms with van der Waals surface area (Å²) < 4.78 is 27.5. The normalized spacial score (nSPS) is 20.2. The van der Waals surface area contributed by atoms with Crippen LogP contribution < -0.4 is 5.32 Å². The lowest BCUT2D eigenvalue weighted by molar-refractivity contribution is 0.102. The first-order chi connectivity index (χ1) is 13.6. The van der Waals surface area contributed by atoms with Crippen molar-refractivity contribution in [2.45, 2.75) is 39.0 Å². The van der Waals surface area contributed by atoms with Gasteiger partial charge in [0.05, 0.1) is 10.5 Å². The third kappa shape index (κ3) is 4.37. The van der Waals surface area contributed by atoms with E-state index in [4.69, 9.17) is 0 Å². The first-order valence-corrected chi connectivity index (χ1v) is 11.8. The van der Waals surface area contributed by atoms with Crippen molar-refractivity contribution in [2.75, 3.05) is 18.4 Å². The van der Waals surface area contributed by atoms with Crippen LogP contribution in [0, 0.1) is 37.0 Å². The Bertz CT molecular complexity index is 1060. The van der Waals surface area contributed by atoms with Crippen LogP contribution in [0.4, 0.5) is 5.00 Å². The highest BCUT2D eigenvalue weighted by Gasteiger charge is 2.31. The summed E-state index contributed by atoms with van der Waals surface area (Å²) >= 11 is 1.36. The number of sulfonamides is 1. The summed E-state index contributed by atoms with van der Waals surface area (Å²) in [4.78, 5) is 13.7. The minimum absolute atomic E-state index is 0.191. The van der Waals surface area contributed by atoms with Gasteiger partial charge in [-0.15, -0.1) is 11.3 Å². The van der Waals surface area contributed by atoms with Gasteiger partial charge in [0.15, 0.2) is 0 Å². The van der Waals surface area contributed by atoms with E-state index < -0.39 is 10.0 Å². The number of rotatable bonds is 4. The molecule has 0 unspecified atom stereocenters. The van der Waals surface area contributed by atoms with E-state index in [1.807, 2.05) is 13.8 Å². The molecule has 1 aliphatic rings. The number of nitrogens with zero attached hydrogens (tertiary/aromatic N) is 2. The maximum absolute atomic E-state index is 13.0. The zero-order valence-electron chi connectivity index (χ0n) is 17.0. The number of benzene rings is 1. The molecule has 1 fully saturated rings. The van der Waals surface area contributed by atoms with Crippen LogP contribution in [-0.2, 0) is 10.0 Å². The molecule has 0 spiro atoms. The van der Waals surface area contributed by atoms with Gasteiger partial charge < -0.3 is 5.32 Å². The number of carbonyl (C=O) groups is 1. The molecule has 1 aliphatic heterocycles. The van der Waals surface area contributed by atoms with Gasteiger partial charge in [-0.25, -0.2) is 8.42 Å². The van der Waals surface area contributed by atoms with Crippen molar-refractivity contribution >= 4 is 32.3 Å². The van der Waals surface area contributed by atoms with E-state index in [9.17, 15) is 18.5 Å². The van der Waals surface area contributed by atoms with Crippen molar-refractivity contribution in [1.29, 1.82) is 5.26 Å².